The standard InChI is InChI=1S/C50H28O3/c1-2-12-30(13-3-1)43-28-32-22-25-40-48-39(19-10-20-41(48)52-50(40)49(32)53-43)46-36-17-8-6-15-34(36)45(35-16-7-9-18-37(35)46)31-21-24-38-44(27-31)51-42-26-23-29-11-4-5-14-33(29)47(38)42/h1-28H. The topological polar surface area (TPSA) is 39.4 Å². The summed E-state index contributed by atoms with van der Waals surface area (Å²) in [4.78, 5) is 0. The first-order chi connectivity index (χ1) is 26.3. The molecule has 3 aromatic heterocycles. The first kappa shape index (κ1) is 28.6. The molecular formula is C50H28O3. The van der Waals surface area contributed by atoms with Crippen molar-refractivity contribution in [3.8, 4) is 33.6 Å². The highest BCUT2D eigenvalue weighted by Crippen LogP contribution is 2.48. The Balaban J connectivity index is 1.12. The molecule has 53 heavy (non-hydrogen) atoms. The molecule has 0 bridgehead atoms. The van der Waals surface area contributed by atoms with Gasteiger partial charge in [0.2, 0.25) is 0 Å². The van der Waals surface area contributed by atoms with Crippen molar-refractivity contribution in [2.75, 3.05) is 0 Å². The van der Waals surface area contributed by atoms with Gasteiger partial charge in [-0.1, -0.05) is 133 Å². The third kappa shape index (κ3) is 4.05. The fraction of sp³-hybridized carbons (Fsp3) is 0. The van der Waals surface area contributed by atoms with Crippen LogP contribution >= 0.6 is 0 Å². The third-order valence-electron chi connectivity index (χ3n) is 11.1. The zero-order valence-electron chi connectivity index (χ0n) is 28.4. The number of rotatable bonds is 3. The average molecular weight is 677 g/mol. The highest BCUT2D eigenvalue weighted by molar-refractivity contribution is 6.27. The zero-order valence-corrected chi connectivity index (χ0v) is 28.4. The molecule has 0 radical (unpaired) electrons. The molecular weight excluding hydrogens is 649 g/mol. The molecule has 0 amide bonds. The fourth-order valence-corrected chi connectivity index (χ4v) is 8.76. The van der Waals surface area contributed by atoms with Gasteiger partial charge in [-0.15, -0.1) is 0 Å². The summed E-state index contributed by atoms with van der Waals surface area (Å²) in [6.45, 7) is 0. The summed E-state index contributed by atoms with van der Waals surface area (Å²) in [6.07, 6.45) is 0. The van der Waals surface area contributed by atoms with Gasteiger partial charge in [-0.2, -0.15) is 0 Å². The molecule has 0 atom stereocenters. The van der Waals surface area contributed by atoms with Gasteiger partial charge >= 0.3 is 0 Å². The second kappa shape index (κ2) is 10.7. The van der Waals surface area contributed by atoms with E-state index in [2.05, 4.69) is 152 Å². The van der Waals surface area contributed by atoms with Crippen molar-refractivity contribution in [2.45, 2.75) is 0 Å². The van der Waals surface area contributed by atoms with Crippen molar-refractivity contribution in [3.05, 3.63) is 170 Å². The molecule has 0 aliphatic rings. The number of furan rings is 3. The summed E-state index contributed by atoms with van der Waals surface area (Å²) in [5.41, 5.74) is 9.85. The highest BCUT2D eigenvalue weighted by atomic mass is 16.4. The molecule has 3 heteroatoms. The number of hydrogen-bond acceptors (Lipinski definition) is 3. The zero-order chi connectivity index (χ0) is 34.6. The smallest absolute Gasteiger partial charge is 0.178 e. The largest absolute Gasteiger partial charge is 0.456 e. The normalized spacial score (nSPS) is 12.2. The lowest BCUT2D eigenvalue weighted by atomic mass is 9.85. The molecule has 246 valence electrons. The SMILES string of the molecule is c1ccc(-c2cc3ccc4c(oc5cccc(-c6c7ccccc7c(-c7ccc8c(c7)oc7ccc9ccccc9c78)c7ccccc67)c54)c3o2)cc1. The van der Waals surface area contributed by atoms with Crippen molar-refractivity contribution in [1.29, 1.82) is 0 Å². The highest BCUT2D eigenvalue weighted by Gasteiger charge is 2.22. The fourth-order valence-electron chi connectivity index (χ4n) is 8.76. The Morgan fingerprint density at radius 1 is 0.302 bits per heavy atom. The molecule has 3 heterocycles. The molecule has 0 N–H and O–H groups in total. The van der Waals surface area contributed by atoms with Gasteiger partial charge in [0.05, 0.1) is 0 Å². The molecule has 0 saturated heterocycles. The van der Waals surface area contributed by atoms with Crippen LogP contribution in [0.4, 0.5) is 0 Å². The quantitative estimate of drug-likeness (QED) is 0.175. The van der Waals surface area contributed by atoms with E-state index in [9.17, 15) is 0 Å². The minimum Gasteiger partial charge on any atom is -0.456 e. The van der Waals surface area contributed by atoms with E-state index in [4.69, 9.17) is 13.3 Å². The number of hydrogen-bond donors (Lipinski definition) is 0. The third-order valence-corrected chi connectivity index (χ3v) is 11.1. The monoisotopic (exact) mass is 676 g/mol. The minimum absolute atomic E-state index is 0.766. The maximum Gasteiger partial charge on any atom is 0.178 e. The molecule has 12 aromatic rings. The van der Waals surface area contributed by atoms with Gasteiger partial charge in [-0.05, 0) is 91.0 Å². The van der Waals surface area contributed by atoms with Crippen LogP contribution in [0.5, 0.6) is 0 Å². The molecule has 9 aromatic carbocycles. The van der Waals surface area contributed by atoms with Gasteiger partial charge in [0.1, 0.15) is 22.5 Å². The van der Waals surface area contributed by atoms with Crippen LogP contribution in [0, 0.1) is 0 Å². The second-order valence-electron chi connectivity index (χ2n) is 13.9. The molecule has 0 fully saturated rings. The molecule has 0 spiro atoms. The van der Waals surface area contributed by atoms with Crippen LogP contribution in [0.15, 0.2) is 183 Å². The molecule has 0 unspecified atom stereocenters. The van der Waals surface area contributed by atoms with Crippen molar-refractivity contribution in [2.24, 2.45) is 0 Å². The van der Waals surface area contributed by atoms with Crippen LogP contribution in [0.25, 0.3) is 121 Å². The van der Waals surface area contributed by atoms with Crippen LogP contribution in [-0.2, 0) is 0 Å². The van der Waals surface area contributed by atoms with E-state index < -0.39 is 0 Å². The predicted molar refractivity (Wildman–Crippen MR) is 220 cm³/mol. The summed E-state index contributed by atoms with van der Waals surface area (Å²) in [5.74, 6) is 0.829. The van der Waals surface area contributed by atoms with Crippen molar-refractivity contribution in [1.82, 2.24) is 0 Å². The van der Waals surface area contributed by atoms with E-state index in [0.717, 1.165) is 71.9 Å². The van der Waals surface area contributed by atoms with Crippen molar-refractivity contribution >= 4 is 87.2 Å². The molecule has 0 saturated carbocycles. The Labute approximate surface area is 302 Å². The number of fused-ring (bicyclic) bond motifs is 12. The van der Waals surface area contributed by atoms with Crippen LogP contribution in [0.2, 0.25) is 0 Å². The minimum atomic E-state index is 0.766. The lowest BCUT2D eigenvalue weighted by Gasteiger charge is -2.18. The van der Waals surface area contributed by atoms with E-state index in [1.807, 2.05) is 18.2 Å². The Morgan fingerprint density at radius 2 is 0.962 bits per heavy atom. The van der Waals surface area contributed by atoms with E-state index in [1.165, 1.54) is 48.8 Å². The van der Waals surface area contributed by atoms with Gasteiger partial charge in [0.25, 0.3) is 0 Å². The first-order valence-electron chi connectivity index (χ1n) is 18.0. The van der Waals surface area contributed by atoms with Crippen molar-refractivity contribution < 1.29 is 13.3 Å². The van der Waals surface area contributed by atoms with Crippen LogP contribution in [0.3, 0.4) is 0 Å². The summed E-state index contributed by atoms with van der Waals surface area (Å²) in [6, 6.07) is 60.1. The first-order valence-corrected chi connectivity index (χ1v) is 18.0. The van der Waals surface area contributed by atoms with E-state index >= 15 is 0 Å². The van der Waals surface area contributed by atoms with Gasteiger partial charge < -0.3 is 13.3 Å². The Bertz CT molecular complexity index is 3390. The Kier molecular flexibility index (Phi) is 5.77. The maximum atomic E-state index is 6.68. The predicted octanol–water partition coefficient (Wildman–Crippen LogP) is 14.7. The van der Waals surface area contributed by atoms with E-state index in [0.29, 0.717) is 0 Å². The summed E-state index contributed by atoms with van der Waals surface area (Å²) >= 11 is 0. The summed E-state index contributed by atoms with van der Waals surface area (Å²) in [5, 5.41) is 12.6. The summed E-state index contributed by atoms with van der Waals surface area (Å²) < 4.78 is 19.8. The summed E-state index contributed by atoms with van der Waals surface area (Å²) in [7, 11) is 0. The molecule has 3 nitrogen and oxygen atoms in total. The lowest BCUT2D eigenvalue weighted by Crippen LogP contribution is -1.91. The lowest BCUT2D eigenvalue weighted by molar-refractivity contribution is 0.611. The van der Waals surface area contributed by atoms with Gasteiger partial charge in [-0.25, -0.2) is 0 Å². The Hall–Kier alpha value is -7.10. The van der Waals surface area contributed by atoms with E-state index in [1.54, 1.807) is 0 Å². The van der Waals surface area contributed by atoms with Gasteiger partial charge in [0, 0.05) is 32.5 Å². The van der Waals surface area contributed by atoms with Gasteiger partial charge in [-0.3, -0.25) is 0 Å². The maximum absolute atomic E-state index is 6.68. The van der Waals surface area contributed by atoms with Crippen LogP contribution < -0.4 is 0 Å². The van der Waals surface area contributed by atoms with Gasteiger partial charge in [0.15, 0.2) is 11.2 Å². The number of benzene rings is 9. The molecule has 0 aliphatic carbocycles. The second-order valence-corrected chi connectivity index (χ2v) is 13.9. The van der Waals surface area contributed by atoms with E-state index in [-0.39, 0.29) is 0 Å². The average Bonchev–Trinajstić information content (AvgIpc) is 3.93. The molecule has 12 rings (SSSR count). The molecule has 0 aliphatic heterocycles. The van der Waals surface area contributed by atoms with Crippen LogP contribution in [0.1, 0.15) is 0 Å². The Morgan fingerprint density at radius 3 is 1.75 bits per heavy atom. The van der Waals surface area contributed by atoms with Crippen LogP contribution in [-0.4, -0.2) is 0 Å². The van der Waals surface area contributed by atoms with Crippen molar-refractivity contribution in [3.63, 3.8) is 0 Å².